The molecule has 2 aromatic heterocycles. The normalized spacial score (nSPS) is 15.7. The lowest BCUT2D eigenvalue weighted by molar-refractivity contribution is -0.130. The molecule has 1 aliphatic heterocycles. The quantitative estimate of drug-likeness (QED) is 0.621. The number of aryl methyl sites for hydroxylation is 2. The van der Waals surface area contributed by atoms with Crippen LogP contribution in [0.5, 0.6) is 0 Å². The Balaban J connectivity index is 1.33. The highest BCUT2D eigenvalue weighted by molar-refractivity contribution is 7.99. The average molecular weight is 412 g/mol. The van der Waals surface area contributed by atoms with Crippen molar-refractivity contribution in [2.24, 2.45) is 7.05 Å². The lowest BCUT2D eigenvalue weighted by Crippen LogP contribution is -2.32. The second-order valence-electron chi connectivity index (χ2n) is 7.37. The van der Waals surface area contributed by atoms with Crippen molar-refractivity contribution in [3.63, 3.8) is 0 Å². The van der Waals surface area contributed by atoms with Gasteiger partial charge < -0.3 is 13.9 Å². The monoisotopic (exact) mass is 411 g/mol. The molecular weight excluding hydrogens is 386 g/mol. The molecule has 0 bridgehead atoms. The predicted molar refractivity (Wildman–Crippen MR) is 110 cm³/mol. The lowest BCUT2D eigenvalue weighted by atomic mass is 10.1. The van der Waals surface area contributed by atoms with Gasteiger partial charge in [-0.05, 0) is 36.4 Å². The zero-order valence-corrected chi connectivity index (χ0v) is 17.6. The van der Waals surface area contributed by atoms with Gasteiger partial charge >= 0.3 is 0 Å². The third-order valence-corrected chi connectivity index (χ3v) is 6.03. The summed E-state index contributed by atoms with van der Waals surface area (Å²) < 4.78 is 7.81. The number of benzene rings is 1. The van der Waals surface area contributed by atoms with Crippen LogP contribution < -0.4 is 0 Å². The Morgan fingerprint density at radius 2 is 1.90 bits per heavy atom. The van der Waals surface area contributed by atoms with Gasteiger partial charge in [-0.15, -0.1) is 10.2 Å². The number of hydrogen-bond donors (Lipinski definition) is 0. The van der Waals surface area contributed by atoms with Crippen LogP contribution >= 0.6 is 11.8 Å². The van der Waals surface area contributed by atoms with Crippen LogP contribution in [0.3, 0.4) is 0 Å². The molecule has 1 aliphatic rings. The summed E-state index contributed by atoms with van der Waals surface area (Å²) in [6.45, 7) is 5.76. The van der Waals surface area contributed by atoms with Crippen LogP contribution in [0.25, 0.3) is 0 Å². The van der Waals surface area contributed by atoms with Gasteiger partial charge in [0.05, 0.1) is 6.54 Å². The fraction of sp³-hybridized carbons (Fsp3) is 0.381. The van der Waals surface area contributed by atoms with E-state index < -0.39 is 0 Å². The van der Waals surface area contributed by atoms with Crippen molar-refractivity contribution >= 4 is 17.7 Å². The number of aromatic nitrogens is 3. The van der Waals surface area contributed by atoms with Gasteiger partial charge in [-0.25, -0.2) is 0 Å². The standard InChI is InChI=1S/C21H25N5O2S/c1-16-3-5-17(6-4-16)13-26-12-11-25(10-9-19(26)27)14-18-7-8-20(28-18)29-21-23-22-15-24(21)2/h3-8,15H,9-14H2,1-2H3. The first kappa shape index (κ1) is 19.7. The zero-order chi connectivity index (χ0) is 20.2. The summed E-state index contributed by atoms with van der Waals surface area (Å²) in [5, 5.41) is 9.53. The maximum atomic E-state index is 12.6. The van der Waals surface area contributed by atoms with Crippen LogP contribution in [0.15, 0.2) is 57.4 Å². The molecule has 7 nitrogen and oxygen atoms in total. The van der Waals surface area contributed by atoms with Crippen molar-refractivity contribution in [3.8, 4) is 0 Å². The van der Waals surface area contributed by atoms with Gasteiger partial charge in [-0.3, -0.25) is 9.69 Å². The van der Waals surface area contributed by atoms with Crippen LogP contribution in [0, 0.1) is 6.92 Å². The van der Waals surface area contributed by atoms with E-state index in [1.807, 2.05) is 28.6 Å². The SMILES string of the molecule is Cc1ccc(CN2CCN(Cc3ccc(Sc4nncn4C)o3)CCC2=O)cc1. The summed E-state index contributed by atoms with van der Waals surface area (Å²) in [7, 11) is 1.91. The first-order valence-electron chi connectivity index (χ1n) is 9.73. The van der Waals surface area contributed by atoms with Crippen molar-refractivity contribution in [1.29, 1.82) is 0 Å². The van der Waals surface area contributed by atoms with E-state index in [4.69, 9.17) is 4.42 Å². The molecule has 1 fully saturated rings. The highest BCUT2D eigenvalue weighted by Gasteiger charge is 2.22. The van der Waals surface area contributed by atoms with Gasteiger partial charge in [-0.2, -0.15) is 0 Å². The molecule has 0 N–H and O–H groups in total. The molecule has 152 valence electrons. The number of hydrogen-bond acceptors (Lipinski definition) is 6. The summed E-state index contributed by atoms with van der Waals surface area (Å²) in [6, 6.07) is 12.3. The Bertz CT molecular complexity index is 966. The number of rotatable bonds is 6. The number of amides is 1. The highest BCUT2D eigenvalue weighted by atomic mass is 32.2. The minimum absolute atomic E-state index is 0.214. The molecule has 0 saturated carbocycles. The summed E-state index contributed by atoms with van der Waals surface area (Å²) in [5.74, 6) is 1.11. The van der Waals surface area contributed by atoms with Crippen LogP contribution in [0.2, 0.25) is 0 Å². The summed E-state index contributed by atoms with van der Waals surface area (Å²) >= 11 is 1.45. The Labute approximate surface area is 174 Å². The van der Waals surface area contributed by atoms with Gasteiger partial charge in [0.2, 0.25) is 5.91 Å². The Morgan fingerprint density at radius 1 is 1.07 bits per heavy atom. The Hall–Kier alpha value is -2.58. The van der Waals surface area contributed by atoms with Gasteiger partial charge in [0.1, 0.15) is 12.1 Å². The number of furan rings is 1. The largest absolute Gasteiger partial charge is 0.453 e. The number of carbonyl (C=O) groups excluding carboxylic acids is 1. The zero-order valence-electron chi connectivity index (χ0n) is 16.7. The van der Waals surface area contributed by atoms with E-state index in [1.54, 1.807) is 6.33 Å². The van der Waals surface area contributed by atoms with Crippen LogP contribution in [-0.4, -0.2) is 50.1 Å². The molecule has 0 radical (unpaired) electrons. The first-order chi connectivity index (χ1) is 14.1. The molecule has 8 heteroatoms. The van der Waals surface area contributed by atoms with Crippen LogP contribution in [0.1, 0.15) is 23.3 Å². The molecule has 0 unspecified atom stereocenters. The second kappa shape index (κ2) is 8.84. The van der Waals surface area contributed by atoms with E-state index in [-0.39, 0.29) is 5.91 Å². The van der Waals surface area contributed by atoms with Gasteiger partial charge in [0.25, 0.3) is 0 Å². The fourth-order valence-corrected chi connectivity index (χ4v) is 4.07. The van der Waals surface area contributed by atoms with E-state index in [1.165, 1.54) is 22.9 Å². The minimum atomic E-state index is 0.214. The van der Waals surface area contributed by atoms with Crippen molar-refractivity contribution in [3.05, 3.63) is 59.6 Å². The molecule has 3 aromatic rings. The molecular formula is C21H25N5O2S. The Kier molecular flexibility index (Phi) is 6.01. The van der Waals surface area contributed by atoms with E-state index >= 15 is 0 Å². The van der Waals surface area contributed by atoms with Gasteiger partial charge in [-0.1, -0.05) is 29.8 Å². The van der Waals surface area contributed by atoms with Gasteiger partial charge in [0, 0.05) is 39.6 Å². The minimum Gasteiger partial charge on any atom is -0.453 e. The molecule has 29 heavy (non-hydrogen) atoms. The second-order valence-corrected chi connectivity index (χ2v) is 8.35. The van der Waals surface area contributed by atoms with Crippen molar-refractivity contribution < 1.29 is 9.21 Å². The van der Waals surface area contributed by atoms with Crippen LogP contribution in [-0.2, 0) is 24.9 Å². The number of nitrogens with zero attached hydrogens (tertiary/aromatic N) is 5. The average Bonchev–Trinajstić information content (AvgIpc) is 3.28. The first-order valence-corrected chi connectivity index (χ1v) is 10.5. The topological polar surface area (TPSA) is 67.4 Å². The molecule has 0 spiro atoms. The molecule has 1 saturated heterocycles. The van der Waals surface area contributed by atoms with Gasteiger partial charge in [0.15, 0.2) is 10.2 Å². The maximum Gasteiger partial charge on any atom is 0.224 e. The van der Waals surface area contributed by atoms with Crippen molar-refractivity contribution in [1.82, 2.24) is 24.6 Å². The number of carbonyl (C=O) groups is 1. The molecule has 0 aliphatic carbocycles. The van der Waals surface area contributed by atoms with E-state index in [2.05, 4.69) is 46.3 Å². The van der Waals surface area contributed by atoms with Crippen molar-refractivity contribution in [2.75, 3.05) is 19.6 Å². The third kappa shape index (κ3) is 5.07. The Morgan fingerprint density at radius 3 is 2.66 bits per heavy atom. The highest BCUT2D eigenvalue weighted by Crippen LogP contribution is 2.27. The summed E-state index contributed by atoms with van der Waals surface area (Å²) in [4.78, 5) is 16.8. The fourth-order valence-electron chi connectivity index (χ4n) is 3.32. The lowest BCUT2D eigenvalue weighted by Gasteiger charge is -2.21. The predicted octanol–water partition coefficient (Wildman–Crippen LogP) is 3.10. The third-order valence-electron chi connectivity index (χ3n) is 5.05. The molecule has 1 aromatic carbocycles. The van der Waals surface area contributed by atoms with Crippen molar-refractivity contribution in [2.45, 2.75) is 36.7 Å². The smallest absolute Gasteiger partial charge is 0.224 e. The molecule has 3 heterocycles. The van der Waals surface area contributed by atoms with E-state index in [0.29, 0.717) is 19.5 Å². The summed E-state index contributed by atoms with van der Waals surface area (Å²) in [6.07, 6.45) is 2.20. The maximum absolute atomic E-state index is 12.6. The van der Waals surface area contributed by atoms with E-state index in [9.17, 15) is 4.79 Å². The molecule has 4 rings (SSSR count). The molecule has 1 amide bonds. The summed E-state index contributed by atoms with van der Waals surface area (Å²) in [5.41, 5.74) is 2.41. The van der Waals surface area contributed by atoms with E-state index in [0.717, 1.165) is 35.6 Å². The van der Waals surface area contributed by atoms with Crippen LogP contribution in [0.4, 0.5) is 0 Å². The molecule has 0 atom stereocenters.